The van der Waals surface area contributed by atoms with E-state index in [0.29, 0.717) is 11.1 Å². The van der Waals surface area contributed by atoms with Crippen molar-refractivity contribution < 1.29 is 54.0 Å². The average Bonchev–Trinajstić information content (AvgIpc) is 3.61. The van der Waals surface area contributed by atoms with Gasteiger partial charge < -0.3 is 40.2 Å². The summed E-state index contributed by atoms with van der Waals surface area (Å²) in [6.07, 6.45) is 2.35. The highest BCUT2D eigenvalue weighted by Crippen LogP contribution is 2.35. The van der Waals surface area contributed by atoms with Crippen molar-refractivity contribution in [2.24, 2.45) is 0 Å². The van der Waals surface area contributed by atoms with Gasteiger partial charge in [-0.3, -0.25) is 38.4 Å². The molecule has 0 saturated heterocycles. The molecule has 0 aliphatic rings. The predicted octanol–water partition coefficient (Wildman–Crippen LogP) is 1.55. The number of aliphatic carboxylic acids is 4. The number of hydrogen-bond acceptors (Lipinski definition) is 8. The van der Waals surface area contributed by atoms with Gasteiger partial charge in [0.05, 0.1) is 13.1 Å². The highest BCUT2D eigenvalue weighted by Gasteiger charge is 2.32. The molecule has 4 rings (SSSR count). The maximum absolute atomic E-state index is 12.4. The number of carboxylic acid groups (broad SMARTS) is 4. The normalized spacial score (nSPS) is 13.4. The average molecular weight is 688 g/mol. The lowest BCUT2D eigenvalue weighted by Gasteiger charge is -2.33. The topological polar surface area (TPSA) is 248 Å². The molecule has 0 aliphatic carbocycles. The molecule has 0 amide bonds. The van der Waals surface area contributed by atoms with Crippen LogP contribution in [0.15, 0.2) is 60.9 Å². The van der Waals surface area contributed by atoms with Gasteiger partial charge in [0.15, 0.2) is 0 Å². The summed E-state index contributed by atoms with van der Waals surface area (Å²) >= 11 is 0. The number of aromatic amines is 2. The van der Waals surface area contributed by atoms with Gasteiger partial charge in [0, 0.05) is 73.2 Å². The number of H-pyrrole nitrogens is 2. The molecule has 258 valence electrons. The van der Waals surface area contributed by atoms with Gasteiger partial charge in [0.1, 0.15) is 18.4 Å². The summed E-state index contributed by atoms with van der Waals surface area (Å²) in [5.74, 6) is -5.21. The van der Waals surface area contributed by atoms with Gasteiger partial charge in [-0.25, -0.2) is 0 Å². The van der Waals surface area contributed by atoms with Crippen LogP contribution in [0.1, 0.15) is 11.1 Å². The van der Waals surface area contributed by atoms with Crippen LogP contribution < -0.4 is 0 Å². The maximum Gasteiger partial charge on any atom is 0.339 e. The van der Waals surface area contributed by atoms with Crippen LogP contribution in [-0.4, -0.2) is 136 Å². The molecule has 0 fully saturated rings. The Kier molecular flexibility index (Phi) is 12.1. The molecule has 2 aromatic carbocycles. The minimum Gasteiger partial charge on any atom is -0.480 e. The predicted molar refractivity (Wildman–Crippen MR) is 174 cm³/mol. The molecule has 0 aliphatic heterocycles. The Morgan fingerprint density at radius 1 is 0.646 bits per heavy atom. The Hall–Kier alpha value is -4.57. The van der Waals surface area contributed by atoms with E-state index in [1.807, 2.05) is 24.3 Å². The van der Waals surface area contributed by atoms with Crippen LogP contribution in [-0.2, 0) is 36.6 Å². The highest BCUT2D eigenvalue weighted by atomic mass is 31.2. The number of hydrogen-bond donors (Lipinski definition) is 8. The molecule has 2 heterocycles. The van der Waals surface area contributed by atoms with Gasteiger partial charge in [0.25, 0.3) is 0 Å². The van der Waals surface area contributed by atoms with Crippen LogP contribution in [0.2, 0.25) is 0 Å². The lowest BCUT2D eigenvalue weighted by atomic mass is 10.0. The van der Waals surface area contributed by atoms with Gasteiger partial charge in [-0.15, -0.1) is 0 Å². The van der Waals surface area contributed by atoms with E-state index in [4.69, 9.17) is 0 Å². The summed E-state index contributed by atoms with van der Waals surface area (Å²) in [6.45, 7) is -2.25. The Labute approximate surface area is 274 Å². The third kappa shape index (κ3) is 9.97. The summed E-state index contributed by atoms with van der Waals surface area (Å²) in [6, 6.07) is 11.8. The number of benzene rings is 2. The van der Waals surface area contributed by atoms with Crippen LogP contribution in [0.4, 0.5) is 0 Å². The summed E-state index contributed by atoms with van der Waals surface area (Å²) < 4.78 is 12.1. The third-order valence-electron chi connectivity index (χ3n) is 8.10. The number of nitrogens with zero attached hydrogens (tertiary/aromatic N) is 3. The van der Waals surface area contributed by atoms with Crippen molar-refractivity contribution in [3.05, 3.63) is 72.1 Å². The van der Waals surface area contributed by atoms with Crippen LogP contribution in [0.25, 0.3) is 21.8 Å². The first kappa shape index (κ1) is 36.3. The van der Waals surface area contributed by atoms with Crippen molar-refractivity contribution in [1.29, 1.82) is 0 Å². The Morgan fingerprint density at radius 3 is 1.40 bits per heavy atom. The first-order chi connectivity index (χ1) is 22.7. The van der Waals surface area contributed by atoms with Gasteiger partial charge in [-0.1, -0.05) is 36.4 Å². The summed E-state index contributed by atoms with van der Waals surface area (Å²) in [4.78, 5) is 77.8. The Morgan fingerprint density at radius 2 is 1.04 bits per heavy atom. The van der Waals surface area contributed by atoms with Crippen molar-refractivity contribution in [3.63, 3.8) is 0 Å². The number of aromatic nitrogens is 2. The SMILES string of the molecule is O=C(O)CN(CCN(CCN(CC(=O)O)[C@@H](Cc1c[nH]c2ccccc12)C(=O)O)CP(=O)(O)O)C(Cc1c[nH]c2ccccc12)C(=O)O. The Balaban J connectivity index is 1.54. The monoisotopic (exact) mass is 687 g/mol. The summed E-state index contributed by atoms with van der Waals surface area (Å²) in [7, 11) is -4.71. The van der Waals surface area contributed by atoms with E-state index in [1.54, 1.807) is 36.7 Å². The van der Waals surface area contributed by atoms with Crippen molar-refractivity contribution in [2.75, 3.05) is 45.6 Å². The lowest BCUT2D eigenvalue weighted by molar-refractivity contribution is -0.147. The molecular formula is C31H38N5O11P. The second kappa shape index (κ2) is 16.0. The van der Waals surface area contributed by atoms with E-state index in [1.165, 1.54) is 14.7 Å². The fraction of sp³-hybridized carbons (Fsp3) is 0.355. The molecule has 0 saturated carbocycles. The Bertz CT molecular complexity index is 1680. The molecule has 16 nitrogen and oxygen atoms in total. The zero-order chi connectivity index (χ0) is 35.0. The van der Waals surface area contributed by atoms with E-state index in [9.17, 15) is 54.0 Å². The zero-order valence-corrected chi connectivity index (χ0v) is 26.7. The van der Waals surface area contributed by atoms with E-state index in [0.717, 1.165) is 21.8 Å². The second-order valence-corrected chi connectivity index (χ2v) is 13.1. The molecule has 0 spiro atoms. The fourth-order valence-electron chi connectivity index (χ4n) is 5.85. The van der Waals surface area contributed by atoms with E-state index in [-0.39, 0.29) is 39.0 Å². The van der Waals surface area contributed by atoms with Crippen LogP contribution in [0.3, 0.4) is 0 Å². The molecular weight excluding hydrogens is 649 g/mol. The first-order valence-corrected chi connectivity index (χ1v) is 16.8. The van der Waals surface area contributed by atoms with Gasteiger partial charge in [0.2, 0.25) is 0 Å². The minimum atomic E-state index is -4.71. The number of carbonyl (C=O) groups is 4. The maximum atomic E-state index is 12.4. The smallest absolute Gasteiger partial charge is 0.339 e. The van der Waals surface area contributed by atoms with Gasteiger partial charge in [-0.2, -0.15) is 0 Å². The summed E-state index contributed by atoms with van der Waals surface area (Å²) in [5, 5.41) is 41.0. The standard InChI is InChI=1S/C31H38N5O11P/c37-28(38)17-35(26(30(41)42)13-20-15-32-24-7-3-1-5-22(20)24)11-9-34(19-48(45,46)47)10-12-36(18-29(39)40)27(31(43)44)14-21-16-33-25-8-4-2-6-23(21)25/h1-8,15-16,26-27,32-33H,9-14,17-19H2,(H,37,38)(H,39,40)(H,41,42)(H,43,44)(H2,45,46,47)/t26-,27?/m0/s1. The third-order valence-corrected chi connectivity index (χ3v) is 8.86. The number of para-hydroxylation sites is 2. The largest absolute Gasteiger partial charge is 0.480 e. The van der Waals surface area contributed by atoms with Gasteiger partial charge >= 0.3 is 31.5 Å². The van der Waals surface area contributed by atoms with Gasteiger partial charge in [-0.05, 0) is 23.3 Å². The first-order valence-electron chi connectivity index (χ1n) is 15.0. The molecule has 0 bridgehead atoms. The zero-order valence-electron chi connectivity index (χ0n) is 25.8. The molecule has 8 N–H and O–H groups in total. The number of fused-ring (bicyclic) bond motifs is 2. The highest BCUT2D eigenvalue weighted by molar-refractivity contribution is 7.51. The quantitative estimate of drug-likeness (QED) is 0.0615. The fourth-order valence-corrected chi connectivity index (χ4v) is 6.66. The number of carboxylic acids is 4. The number of rotatable bonds is 20. The molecule has 0 radical (unpaired) electrons. The van der Waals surface area contributed by atoms with Crippen LogP contribution in [0.5, 0.6) is 0 Å². The van der Waals surface area contributed by atoms with Crippen LogP contribution >= 0.6 is 7.60 Å². The van der Waals surface area contributed by atoms with E-state index >= 15 is 0 Å². The molecule has 48 heavy (non-hydrogen) atoms. The van der Waals surface area contributed by atoms with Crippen molar-refractivity contribution in [2.45, 2.75) is 24.9 Å². The minimum absolute atomic E-state index is 0.0639. The molecule has 17 heteroatoms. The molecule has 2 atom stereocenters. The van der Waals surface area contributed by atoms with E-state index in [2.05, 4.69) is 9.97 Å². The van der Waals surface area contributed by atoms with E-state index < -0.39 is 62.9 Å². The van der Waals surface area contributed by atoms with Crippen LogP contribution in [0, 0.1) is 0 Å². The molecule has 1 unspecified atom stereocenters. The number of nitrogens with one attached hydrogen (secondary N) is 2. The summed E-state index contributed by atoms with van der Waals surface area (Å²) in [5.41, 5.74) is 2.81. The van der Waals surface area contributed by atoms with Crippen molar-refractivity contribution in [3.8, 4) is 0 Å². The second-order valence-electron chi connectivity index (χ2n) is 11.5. The molecule has 2 aromatic heterocycles. The lowest BCUT2D eigenvalue weighted by Crippen LogP contribution is -2.51. The van der Waals surface area contributed by atoms with Crippen molar-refractivity contribution >= 4 is 53.3 Å². The molecule has 4 aromatic rings. The van der Waals surface area contributed by atoms with Crippen molar-refractivity contribution in [1.82, 2.24) is 24.7 Å².